The van der Waals surface area contributed by atoms with Gasteiger partial charge in [0.2, 0.25) is 0 Å². The molecule has 0 spiro atoms. The monoisotopic (exact) mass is 210 g/mol. The van der Waals surface area contributed by atoms with Crippen molar-refractivity contribution in [2.75, 3.05) is 25.2 Å². The van der Waals surface area contributed by atoms with Crippen LogP contribution in [-0.4, -0.2) is 25.2 Å². The average Bonchev–Trinajstić information content (AvgIpc) is 1.88. The Hall–Kier alpha value is 0.720. The molecule has 76 valence electrons. The molecule has 0 atom stereocenters. The molecule has 0 unspecified atom stereocenters. The Labute approximate surface area is 85.3 Å². The molecular formula is C10H24ClP. The van der Waals surface area contributed by atoms with Crippen LogP contribution in [0.1, 0.15) is 40.0 Å². The first kappa shape index (κ1) is 15.2. The van der Waals surface area contributed by atoms with Crippen LogP contribution in [0.4, 0.5) is 0 Å². The van der Waals surface area contributed by atoms with E-state index in [0.29, 0.717) is 0 Å². The van der Waals surface area contributed by atoms with Gasteiger partial charge in [-0.25, -0.2) is 0 Å². The fourth-order valence-electron chi connectivity index (χ4n) is 1.95. The van der Waals surface area contributed by atoms with Crippen LogP contribution in [-0.2, 0) is 0 Å². The fourth-order valence-corrected chi connectivity index (χ4v) is 5.86. The highest BCUT2D eigenvalue weighted by atomic mass is 35.5. The van der Waals surface area contributed by atoms with E-state index in [1.54, 1.807) is 0 Å². The summed E-state index contributed by atoms with van der Waals surface area (Å²) in [7, 11) is -0.469. The Morgan fingerprint density at radius 2 is 1.00 bits per heavy atom. The van der Waals surface area contributed by atoms with Crippen molar-refractivity contribution in [3.63, 3.8) is 0 Å². The summed E-state index contributed by atoms with van der Waals surface area (Å²) in [4.78, 5) is 0. The standard InChI is InChI=1S/C10H24P.ClH/c1-5-8-11(4,9-6-2)10-7-3;/h5-10H2,1-4H3;1H/q+1;/p-1. The van der Waals surface area contributed by atoms with E-state index in [1.165, 1.54) is 37.7 Å². The summed E-state index contributed by atoms with van der Waals surface area (Å²) >= 11 is 0. The van der Waals surface area contributed by atoms with Crippen molar-refractivity contribution in [2.24, 2.45) is 0 Å². The van der Waals surface area contributed by atoms with Crippen LogP contribution < -0.4 is 12.4 Å². The maximum absolute atomic E-state index is 2.56. The van der Waals surface area contributed by atoms with Crippen molar-refractivity contribution in [1.29, 1.82) is 0 Å². The molecule has 0 radical (unpaired) electrons. The molecule has 0 saturated carbocycles. The SMILES string of the molecule is CCC[P+](C)(CCC)CCC.[Cl-]. The maximum atomic E-state index is 2.56. The van der Waals surface area contributed by atoms with Crippen molar-refractivity contribution >= 4 is 7.26 Å². The van der Waals surface area contributed by atoms with Crippen LogP contribution in [0.3, 0.4) is 0 Å². The quantitative estimate of drug-likeness (QED) is 0.571. The second-order valence-electron chi connectivity index (χ2n) is 3.79. The largest absolute Gasteiger partial charge is 1.00 e. The maximum Gasteiger partial charge on any atom is 0.0589 e. The van der Waals surface area contributed by atoms with E-state index < -0.39 is 7.26 Å². The third-order valence-corrected chi connectivity index (χ3v) is 6.87. The summed E-state index contributed by atoms with van der Waals surface area (Å²) < 4.78 is 0. The normalized spacial score (nSPS) is 11.0. The fraction of sp³-hybridized carbons (Fsp3) is 1.00. The minimum absolute atomic E-state index is 0. The van der Waals surface area contributed by atoms with E-state index in [4.69, 9.17) is 0 Å². The zero-order valence-corrected chi connectivity index (χ0v) is 10.7. The van der Waals surface area contributed by atoms with Crippen LogP contribution in [0, 0.1) is 0 Å². The molecule has 0 nitrogen and oxygen atoms in total. The van der Waals surface area contributed by atoms with Crippen LogP contribution in [0.25, 0.3) is 0 Å². The summed E-state index contributed by atoms with van der Waals surface area (Å²) in [5.41, 5.74) is 0. The Kier molecular flexibility index (Phi) is 10.5. The van der Waals surface area contributed by atoms with Gasteiger partial charge >= 0.3 is 0 Å². The molecule has 0 aliphatic rings. The summed E-state index contributed by atoms with van der Waals surface area (Å²) in [5.74, 6) is 0. The zero-order valence-electron chi connectivity index (χ0n) is 9.07. The lowest BCUT2D eigenvalue weighted by atomic mass is 10.6. The van der Waals surface area contributed by atoms with Crippen LogP contribution >= 0.6 is 7.26 Å². The van der Waals surface area contributed by atoms with Crippen LogP contribution in [0.2, 0.25) is 0 Å². The van der Waals surface area contributed by atoms with Gasteiger partial charge in [0, 0.05) is 13.9 Å². The van der Waals surface area contributed by atoms with Gasteiger partial charge in [-0.2, -0.15) is 0 Å². The molecular weight excluding hydrogens is 187 g/mol. The van der Waals surface area contributed by atoms with Gasteiger partial charge in [0.05, 0.1) is 18.5 Å². The summed E-state index contributed by atoms with van der Waals surface area (Å²) in [6, 6.07) is 0. The lowest BCUT2D eigenvalue weighted by molar-refractivity contribution is -0.00000276. The van der Waals surface area contributed by atoms with Crippen molar-refractivity contribution in [1.82, 2.24) is 0 Å². The molecule has 0 heterocycles. The number of rotatable bonds is 6. The first-order valence-electron chi connectivity index (χ1n) is 5.02. The molecule has 0 bridgehead atoms. The molecule has 0 aromatic carbocycles. The molecule has 2 heteroatoms. The molecule has 0 rings (SSSR count). The summed E-state index contributed by atoms with van der Waals surface area (Å²) in [6.45, 7) is 9.53. The van der Waals surface area contributed by atoms with Gasteiger partial charge in [-0.15, -0.1) is 0 Å². The molecule has 0 saturated heterocycles. The molecule has 0 aromatic heterocycles. The Balaban J connectivity index is 0. The van der Waals surface area contributed by atoms with Crippen molar-refractivity contribution in [3.8, 4) is 0 Å². The lowest BCUT2D eigenvalue weighted by Crippen LogP contribution is -3.00. The van der Waals surface area contributed by atoms with Crippen molar-refractivity contribution in [2.45, 2.75) is 40.0 Å². The van der Waals surface area contributed by atoms with Gasteiger partial charge in [0.25, 0.3) is 0 Å². The smallest absolute Gasteiger partial charge is 0.0589 e. The predicted molar refractivity (Wildman–Crippen MR) is 58.3 cm³/mol. The summed E-state index contributed by atoms with van der Waals surface area (Å²) in [5, 5.41) is 0. The zero-order chi connectivity index (χ0) is 8.74. The van der Waals surface area contributed by atoms with E-state index in [-0.39, 0.29) is 12.4 Å². The molecule has 0 aliphatic carbocycles. The molecule has 0 N–H and O–H groups in total. The van der Waals surface area contributed by atoms with E-state index in [9.17, 15) is 0 Å². The van der Waals surface area contributed by atoms with Crippen molar-refractivity contribution in [3.05, 3.63) is 0 Å². The topological polar surface area (TPSA) is 0 Å². The van der Waals surface area contributed by atoms with E-state index in [0.717, 1.165) is 0 Å². The minimum atomic E-state index is -0.469. The number of halogens is 1. The van der Waals surface area contributed by atoms with Gasteiger partial charge in [-0.05, 0) is 19.3 Å². The van der Waals surface area contributed by atoms with E-state index >= 15 is 0 Å². The van der Waals surface area contributed by atoms with Gasteiger partial charge < -0.3 is 12.4 Å². The number of hydrogen-bond acceptors (Lipinski definition) is 0. The molecule has 0 aromatic rings. The highest BCUT2D eigenvalue weighted by Crippen LogP contribution is 2.56. The van der Waals surface area contributed by atoms with Gasteiger partial charge in [0.15, 0.2) is 0 Å². The van der Waals surface area contributed by atoms with E-state index in [1.807, 2.05) is 0 Å². The molecule has 12 heavy (non-hydrogen) atoms. The minimum Gasteiger partial charge on any atom is -1.00 e. The van der Waals surface area contributed by atoms with Crippen LogP contribution in [0.5, 0.6) is 0 Å². The lowest BCUT2D eigenvalue weighted by Gasteiger charge is -2.21. The third kappa shape index (κ3) is 6.26. The number of hydrogen-bond donors (Lipinski definition) is 0. The van der Waals surface area contributed by atoms with Crippen molar-refractivity contribution < 1.29 is 12.4 Å². The Morgan fingerprint density at radius 1 is 0.750 bits per heavy atom. The van der Waals surface area contributed by atoms with E-state index in [2.05, 4.69) is 27.4 Å². The average molecular weight is 211 g/mol. The first-order chi connectivity index (χ1) is 5.18. The van der Waals surface area contributed by atoms with Gasteiger partial charge in [-0.1, -0.05) is 20.8 Å². The molecule has 0 aliphatic heterocycles. The molecule has 0 amide bonds. The highest BCUT2D eigenvalue weighted by molar-refractivity contribution is 7.75. The second-order valence-corrected chi connectivity index (χ2v) is 8.37. The predicted octanol–water partition coefficient (Wildman–Crippen LogP) is 0.868. The van der Waals surface area contributed by atoms with Gasteiger partial charge in [-0.3, -0.25) is 0 Å². The summed E-state index contributed by atoms with van der Waals surface area (Å²) in [6.07, 6.45) is 8.75. The van der Waals surface area contributed by atoms with Gasteiger partial charge in [0.1, 0.15) is 0 Å². The second kappa shape index (κ2) is 8.32. The molecule has 0 fully saturated rings. The first-order valence-corrected chi connectivity index (χ1v) is 7.81. The Morgan fingerprint density at radius 3 is 1.17 bits per heavy atom. The third-order valence-electron chi connectivity index (χ3n) is 2.29. The Bertz CT molecular complexity index is 76.8. The highest BCUT2D eigenvalue weighted by Gasteiger charge is 2.27. The van der Waals surface area contributed by atoms with Crippen LogP contribution in [0.15, 0.2) is 0 Å².